The molecule has 2 N–H and O–H groups in total. The first-order valence-corrected chi connectivity index (χ1v) is 8.21. The van der Waals surface area contributed by atoms with E-state index in [1.807, 2.05) is 12.1 Å². The van der Waals surface area contributed by atoms with E-state index in [0.717, 1.165) is 34.6 Å². The van der Waals surface area contributed by atoms with Crippen LogP contribution in [0.25, 0.3) is 11.1 Å². The third-order valence-corrected chi connectivity index (χ3v) is 5.12. The van der Waals surface area contributed by atoms with Crippen molar-refractivity contribution in [1.82, 2.24) is 4.48 Å². The minimum atomic E-state index is 0.0334. The van der Waals surface area contributed by atoms with Crippen LogP contribution in [-0.2, 0) is 0 Å². The normalized spacial score (nSPS) is 18.3. The molecule has 4 heteroatoms. The van der Waals surface area contributed by atoms with Gasteiger partial charge in [-0.2, -0.15) is 0 Å². The average molecular weight is 313 g/mol. The Morgan fingerprint density at radius 3 is 2.26 bits per heavy atom. The lowest BCUT2D eigenvalue weighted by Gasteiger charge is -2.36. The molecule has 3 rings (SSSR count). The molecule has 1 aliphatic rings. The summed E-state index contributed by atoms with van der Waals surface area (Å²) in [5.74, 6) is 0.862. The molecule has 0 saturated carbocycles. The van der Waals surface area contributed by atoms with Crippen molar-refractivity contribution in [2.45, 2.75) is 20.0 Å². The summed E-state index contributed by atoms with van der Waals surface area (Å²) in [7, 11) is 1.68. The summed E-state index contributed by atoms with van der Waals surface area (Å²) in [6.07, 6.45) is 0.0334. The summed E-state index contributed by atoms with van der Waals surface area (Å²) in [6.45, 7) is 6.42. The van der Waals surface area contributed by atoms with Crippen LogP contribution in [0.2, 0.25) is 0 Å². The Hall–Kier alpha value is -2.04. The lowest BCUT2D eigenvalue weighted by molar-refractivity contribution is 0.163. The molecule has 1 atom stereocenters. The van der Waals surface area contributed by atoms with E-state index in [-0.39, 0.29) is 12.8 Å². The summed E-state index contributed by atoms with van der Waals surface area (Å²) >= 11 is 0. The summed E-state index contributed by atoms with van der Waals surface area (Å²) in [5, 5.41) is 13.3. The highest BCUT2D eigenvalue weighted by Gasteiger charge is 2.43. The summed E-state index contributed by atoms with van der Waals surface area (Å²) < 4.78 is 6.01. The lowest BCUT2D eigenvalue weighted by Crippen LogP contribution is -2.57. The van der Waals surface area contributed by atoms with Crippen molar-refractivity contribution in [2.75, 3.05) is 32.1 Å². The van der Waals surface area contributed by atoms with Crippen LogP contribution in [0.1, 0.15) is 13.8 Å². The number of hydrogen-bond donors (Lipinski definition) is 2. The van der Waals surface area contributed by atoms with Crippen molar-refractivity contribution >= 4 is 11.4 Å². The Morgan fingerprint density at radius 1 is 1.04 bits per heavy atom. The first-order chi connectivity index (χ1) is 11.2. The molecule has 1 unspecified atom stereocenters. The van der Waals surface area contributed by atoms with Gasteiger partial charge in [0.2, 0.25) is 0 Å². The molecule has 0 radical (unpaired) electrons. The third kappa shape index (κ3) is 2.48. The predicted octanol–water partition coefficient (Wildman–Crippen LogP) is 3.45. The SMILES string of the molecule is CC[N+]1(CC)c2ccc(-c3ccc(OC)cc3)cc2NC1CO. The van der Waals surface area contributed by atoms with Gasteiger partial charge in [0.1, 0.15) is 18.0 Å². The van der Waals surface area contributed by atoms with Crippen molar-refractivity contribution in [3.05, 3.63) is 42.5 Å². The van der Waals surface area contributed by atoms with Crippen molar-refractivity contribution < 1.29 is 9.84 Å². The molecule has 2 aromatic rings. The molecule has 0 aliphatic carbocycles. The standard InChI is InChI=1S/C19H25N2O2/c1-4-21(5-2)18-11-8-15(12-17(18)20-19(21)13-22)14-6-9-16(23-3)10-7-14/h6-12,19-20,22H,4-5,13H2,1-3H3/q+1. The van der Waals surface area contributed by atoms with Crippen LogP contribution in [0, 0.1) is 0 Å². The molecule has 0 saturated heterocycles. The number of anilines is 1. The van der Waals surface area contributed by atoms with Crippen molar-refractivity contribution in [3.8, 4) is 16.9 Å². The van der Waals surface area contributed by atoms with Crippen LogP contribution in [0.15, 0.2) is 42.5 Å². The fraction of sp³-hybridized carbons (Fsp3) is 0.368. The smallest absolute Gasteiger partial charge is 0.190 e. The van der Waals surface area contributed by atoms with Crippen molar-refractivity contribution in [1.29, 1.82) is 0 Å². The van der Waals surface area contributed by atoms with Crippen LogP contribution in [0.4, 0.5) is 11.4 Å². The monoisotopic (exact) mass is 313 g/mol. The molecule has 23 heavy (non-hydrogen) atoms. The molecule has 1 aliphatic heterocycles. The number of fused-ring (bicyclic) bond motifs is 1. The molecule has 4 nitrogen and oxygen atoms in total. The Morgan fingerprint density at radius 2 is 1.70 bits per heavy atom. The Balaban J connectivity index is 2.00. The maximum atomic E-state index is 9.79. The molecule has 0 spiro atoms. The van der Waals surface area contributed by atoms with Crippen LogP contribution < -0.4 is 14.5 Å². The number of quaternary nitrogens is 1. The number of aliphatic hydroxyl groups is 1. The Kier molecular flexibility index (Phi) is 4.28. The lowest BCUT2D eigenvalue weighted by atomic mass is 10.0. The molecule has 0 bridgehead atoms. The largest absolute Gasteiger partial charge is 0.497 e. The molecule has 122 valence electrons. The molecular weight excluding hydrogens is 288 g/mol. The van der Waals surface area contributed by atoms with E-state index >= 15 is 0 Å². The number of hydrogen-bond acceptors (Lipinski definition) is 3. The average Bonchev–Trinajstić information content (AvgIpc) is 2.94. The number of ether oxygens (including phenoxy) is 1. The van der Waals surface area contributed by atoms with Crippen LogP contribution in [0.3, 0.4) is 0 Å². The molecule has 1 heterocycles. The highest BCUT2D eigenvalue weighted by molar-refractivity contribution is 5.80. The van der Waals surface area contributed by atoms with Crippen molar-refractivity contribution in [2.24, 2.45) is 0 Å². The highest BCUT2D eigenvalue weighted by atomic mass is 16.5. The van der Waals surface area contributed by atoms with Gasteiger partial charge in [0.25, 0.3) is 0 Å². The number of aliphatic hydroxyl groups excluding tert-OH is 1. The summed E-state index contributed by atoms with van der Waals surface area (Å²) in [4.78, 5) is 0. The molecule has 2 aromatic carbocycles. The maximum absolute atomic E-state index is 9.79. The van der Waals surface area contributed by atoms with E-state index < -0.39 is 0 Å². The molecule has 0 amide bonds. The van der Waals surface area contributed by atoms with Gasteiger partial charge in [-0.05, 0) is 49.2 Å². The van der Waals surface area contributed by atoms with Crippen LogP contribution >= 0.6 is 0 Å². The fourth-order valence-electron chi connectivity index (χ4n) is 3.68. The van der Waals surface area contributed by atoms with Gasteiger partial charge in [0, 0.05) is 6.07 Å². The van der Waals surface area contributed by atoms with Gasteiger partial charge in [-0.15, -0.1) is 0 Å². The topological polar surface area (TPSA) is 41.5 Å². The van der Waals surface area contributed by atoms with E-state index in [0.29, 0.717) is 0 Å². The van der Waals surface area contributed by atoms with E-state index in [2.05, 4.69) is 49.5 Å². The van der Waals surface area contributed by atoms with Gasteiger partial charge in [0.15, 0.2) is 11.9 Å². The summed E-state index contributed by atoms with van der Waals surface area (Å²) in [5.41, 5.74) is 4.73. The maximum Gasteiger partial charge on any atom is 0.190 e. The van der Waals surface area contributed by atoms with Gasteiger partial charge in [-0.1, -0.05) is 12.1 Å². The number of nitrogens with one attached hydrogen (secondary N) is 1. The van der Waals surface area contributed by atoms with Crippen molar-refractivity contribution in [3.63, 3.8) is 0 Å². The zero-order valence-electron chi connectivity index (χ0n) is 14.0. The number of nitrogens with zero attached hydrogens (tertiary/aromatic N) is 1. The Bertz CT molecular complexity index is 678. The second-order valence-corrected chi connectivity index (χ2v) is 5.97. The van der Waals surface area contributed by atoms with Gasteiger partial charge in [-0.3, -0.25) is 4.48 Å². The van der Waals surface area contributed by atoms with Gasteiger partial charge in [0.05, 0.1) is 20.2 Å². The minimum Gasteiger partial charge on any atom is -0.497 e. The first-order valence-electron chi connectivity index (χ1n) is 8.21. The highest BCUT2D eigenvalue weighted by Crippen LogP contribution is 2.42. The number of rotatable bonds is 5. The second-order valence-electron chi connectivity index (χ2n) is 5.97. The van der Waals surface area contributed by atoms with E-state index in [9.17, 15) is 5.11 Å². The zero-order valence-corrected chi connectivity index (χ0v) is 14.0. The second kappa shape index (κ2) is 6.22. The number of methoxy groups -OCH3 is 1. The predicted molar refractivity (Wildman–Crippen MR) is 95.8 cm³/mol. The summed E-state index contributed by atoms with van der Waals surface area (Å²) in [6, 6.07) is 14.6. The van der Waals surface area contributed by atoms with E-state index in [1.165, 1.54) is 11.3 Å². The van der Waals surface area contributed by atoms with Gasteiger partial charge >= 0.3 is 0 Å². The fourth-order valence-corrected chi connectivity index (χ4v) is 3.68. The van der Waals surface area contributed by atoms with E-state index in [4.69, 9.17) is 4.74 Å². The molecular formula is C19H25N2O2+. The number of benzene rings is 2. The minimum absolute atomic E-state index is 0.0334. The van der Waals surface area contributed by atoms with E-state index in [1.54, 1.807) is 7.11 Å². The first kappa shape index (κ1) is 15.8. The van der Waals surface area contributed by atoms with Gasteiger partial charge in [-0.25, -0.2) is 0 Å². The van der Waals surface area contributed by atoms with Crippen LogP contribution in [-0.4, -0.2) is 38.1 Å². The quantitative estimate of drug-likeness (QED) is 0.831. The molecule has 0 fully saturated rings. The molecule has 0 aromatic heterocycles. The van der Waals surface area contributed by atoms with Gasteiger partial charge < -0.3 is 15.2 Å². The third-order valence-electron chi connectivity index (χ3n) is 5.12. The zero-order chi connectivity index (χ0) is 16.4. The van der Waals surface area contributed by atoms with Crippen LogP contribution in [0.5, 0.6) is 5.75 Å². The number of likely N-dealkylation sites (N-methyl/N-ethyl adjacent to an activating group) is 1. The Labute approximate surface area is 137 Å².